The fourth-order valence-corrected chi connectivity index (χ4v) is 3.86. The van der Waals surface area contributed by atoms with Crippen LogP contribution >= 0.6 is 34.7 Å². The van der Waals surface area contributed by atoms with Crippen LogP contribution in [-0.4, -0.2) is 19.7 Å². The van der Waals surface area contributed by atoms with Gasteiger partial charge in [0.25, 0.3) is 5.89 Å². The number of thiophene rings is 1. The van der Waals surface area contributed by atoms with Gasteiger partial charge in [-0.25, -0.2) is 4.98 Å². The van der Waals surface area contributed by atoms with E-state index in [4.69, 9.17) is 16.1 Å². The van der Waals surface area contributed by atoms with E-state index in [1.165, 1.54) is 0 Å². The van der Waals surface area contributed by atoms with Crippen molar-refractivity contribution in [2.24, 2.45) is 7.05 Å². The molecule has 3 heterocycles. The lowest BCUT2D eigenvalue weighted by Crippen LogP contribution is -1.92. The molecule has 0 aliphatic carbocycles. The molecule has 0 saturated carbocycles. The summed E-state index contributed by atoms with van der Waals surface area (Å²) in [5.74, 6) is 1.82. The Kier molecular flexibility index (Phi) is 3.84. The number of fused-ring (bicyclic) bond motifs is 1. The Balaban J connectivity index is 1.54. The molecule has 3 aromatic heterocycles. The Bertz CT molecular complexity index is 961. The first-order valence-electron chi connectivity index (χ1n) is 6.82. The summed E-state index contributed by atoms with van der Waals surface area (Å²) >= 11 is 9.17. The van der Waals surface area contributed by atoms with E-state index in [9.17, 15) is 0 Å². The van der Waals surface area contributed by atoms with Crippen molar-refractivity contribution >= 4 is 45.7 Å². The standard InChI is InChI=1S/C15H11ClN4OS2/c1-20-11-5-4-9(16)7-10(11)17-15(20)23-8-13-18-14(21-19-13)12-3-2-6-22-12/h2-7H,8H2,1H3. The Morgan fingerprint density at radius 1 is 1.30 bits per heavy atom. The van der Waals surface area contributed by atoms with Crippen LogP contribution in [0.5, 0.6) is 0 Å². The molecule has 0 saturated heterocycles. The maximum absolute atomic E-state index is 6.02. The molecule has 23 heavy (non-hydrogen) atoms. The van der Waals surface area contributed by atoms with Crippen LogP contribution in [0.15, 0.2) is 45.4 Å². The number of hydrogen-bond donors (Lipinski definition) is 0. The van der Waals surface area contributed by atoms with Crippen LogP contribution < -0.4 is 0 Å². The zero-order valence-corrected chi connectivity index (χ0v) is 14.5. The smallest absolute Gasteiger partial charge is 0.268 e. The van der Waals surface area contributed by atoms with E-state index in [0.29, 0.717) is 22.5 Å². The van der Waals surface area contributed by atoms with Crippen molar-refractivity contribution in [2.45, 2.75) is 10.9 Å². The summed E-state index contributed by atoms with van der Waals surface area (Å²) in [5, 5.41) is 7.59. The number of benzene rings is 1. The van der Waals surface area contributed by atoms with Crippen molar-refractivity contribution in [3.63, 3.8) is 0 Å². The predicted molar refractivity (Wildman–Crippen MR) is 92.9 cm³/mol. The Labute approximate surface area is 145 Å². The van der Waals surface area contributed by atoms with Crippen molar-refractivity contribution < 1.29 is 4.52 Å². The maximum Gasteiger partial charge on any atom is 0.268 e. The minimum absolute atomic E-state index is 0.562. The third-order valence-electron chi connectivity index (χ3n) is 3.33. The highest BCUT2D eigenvalue weighted by Gasteiger charge is 2.13. The molecule has 5 nitrogen and oxygen atoms in total. The zero-order valence-electron chi connectivity index (χ0n) is 12.1. The molecule has 0 radical (unpaired) electrons. The zero-order chi connectivity index (χ0) is 15.8. The minimum atomic E-state index is 0.562. The fraction of sp³-hybridized carbons (Fsp3) is 0.133. The minimum Gasteiger partial charge on any atom is -0.333 e. The molecular weight excluding hydrogens is 352 g/mol. The van der Waals surface area contributed by atoms with Gasteiger partial charge in [-0.1, -0.05) is 34.6 Å². The van der Waals surface area contributed by atoms with E-state index in [1.807, 2.05) is 47.3 Å². The van der Waals surface area contributed by atoms with Gasteiger partial charge >= 0.3 is 0 Å². The summed E-state index contributed by atoms with van der Waals surface area (Å²) in [7, 11) is 1.98. The van der Waals surface area contributed by atoms with E-state index in [1.54, 1.807) is 23.1 Å². The third kappa shape index (κ3) is 2.87. The molecule has 0 N–H and O–H groups in total. The van der Waals surface area contributed by atoms with Gasteiger partial charge in [0.05, 0.1) is 21.7 Å². The molecule has 0 bridgehead atoms. The van der Waals surface area contributed by atoms with Crippen molar-refractivity contribution in [3.8, 4) is 10.8 Å². The highest BCUT2D eigenvalue weighted by Crippen LogP contribution is 2.28. The van der Waals surface area contributed by atoms with Crippen molar-refractivity contribution in [1.82, 2.24) is 19.7 Å². The lowest BCUT2D eigenvalue weighted by atomic mass is 10.3. The van der Waals surface area contributed by atoms with E-state index in [2.05, 4.69) is 15.1 Å². The van der Waals surface area contributed by atoms with Crippen LogP contribution in [0.1, 0.15) is 5.82 Å². The van der Waals surface area contributed by atoms with Crippen LogP contribution in [0.4, 0.5) is 0 Å². The highest BCUT2D eigenvalue weighted by molar-refractivity contribution is 7.98. The third-order valence-corrected chi connectivity index (χ3v) is 5.45. The second-order valence-electron chi connectivity index (χ2n) is 4.87. The first kappa shape index (κ1) is 14.7. The average molecular weight is 363 g/mol. The van der Waals surface area contributed by atoms with Gasteiger partial charge < -0.3 is 9.09 Å². The average Bonchev–Trinajstić information content (AvgIpc) is 3.25. The summed E-state index contributed by atoms with van der Waals surface area (Å²) in [6.45, 7) is 0. The lowest BCUT2D eigenvalue weighted by Gasteiger charge is -1.99. The summed E-state index contributed by atoms with van der Waals surface area (Å²) in [6, 6.07) is 9.63. The van der Waals surface area contributed by atoms with Gasteiger partial charge in [-0.3, -0.25) is 0 Å². The van der Waals surface area contributed by atoms with Gasteiger partial charge in [0.15, 0.2) is 11.0 Å². The molecule has 116 valence electrons. The lowest BCUT2D eigenvalue weighted by molar-refractivity contribution is 0.426. The summed E-state index contributed by atoms with van der Waals surface area (Å²) < 4.78 is 7.33. The van der Waals surface area contributed by atoms with Crippen molar-refractivity contribution in [1.29, 1.82) is 0 Å². The number of rotatable bonds is 4. The van der Waals surface area contributed by atoms with Gasteiger partial charge in [0.1, 0.15) is 0 Å². The van der Waals surface area contributed by atoms with Crippen molar-refractivity contribution in [2.75, 3.05) is 0 Å². The molecule has 1 aromatic carbocycles. The Morgan fingerprint density at radius 3 is 3.04 bits per heavy atom. The highest BCUT2D eigenvalue weighted by atomic mass is 35.5. The number of nitrogens with zero attached hydrogens (tertiary/aromatic N) is 4. The van der Waals surface area contributed by atoms with Crippen LogP contribution in [-0.2, 0) is 12.8 Å². The molecule has 0 atom stereocenters. The van der Waals surface area contributed by atoms with E-state index in [0.717, 1.165) is 21.1 Å². The number of halogens is 1. The van der Waals surface area contributed by atoms with Gasteiger partial charge in [-0.05, 0) is 29.6 Å². The maximum atomic E-state index is 6.02. The molecule has 0 amide bonds. The summed E-state index contributed by atoms with van der Waals surface area (Å²) in [6.07, 6.45) is 0. The quantitative estimate of drug-likeness (QED) is 0.495. The topological polar surface area (TPSA) is 56.7 Å². The molecule has 4 rings (SSSR count). The monoisotopic (exact) mass is 362 g/mol. The van der Waals surface area contributed by atoms with Crippen LogP contribution in [0.2, 0.25) is 5.02 Å². The van der Waals surface area contributed by atoms with Gasteiger partial charge in [-0.15, -0.1) is 11.3 Å². The number of aromatic nitrogens is 4. The largest absolute Gasteiger partial charge is 0.333 e. The van der Waals surface area contributed by atoms with E-state index >= 15 is 0 Å². The SMILES string of the molecule is Cn1c(SCc2noc(-c3cccs3)n2)nc2cc(Cl)ccc21. The fourth-order valence-electron chi connectivity index (χ4n) is 2.22. The van der Waals surface area contributed by atoms with Crippen LogP contribution in [0.25, 0.3) is 21.8 Å². The van der Waals surface area contributed by atoms with E-state index in [-0.39, 0.29) is 0 Å². The van der Waals surface area contributed by atoms with Gasteiger partial charge in [0, 0.05) is 12.1 Å². The first-order valence-corrected chi connectivity index (χ1v) is 9.06. The predicted octanol–water partition coefficient (Wildman–Crippen LogP) is 4.63. The Morgan fingerprint density at radius 2 is 2.22 bits per heavy atom. The van der Waals surface area contributed by atoms with Crippen molar-refractivity contribution in [3.05, 3.63) is 46.6 Å². The molecular formula is C15H11ClN4OS2. The molecule has 0 fully saturated rings. The summed E-state index contributed by atoms with van der Waals surface area (Å²) in [4.78, 5) is 10.00. The number of thioether (sulfide) groups is 1. The number of imidazole rings is 1. The molecule has 0 unspecified atom stereocenters. The first-order chi connectivity index (χ1) is 11.2. The second-order valence-corrected chi connectivity index (χ2v) is 7.19. The molecule has 0 spiro atoms. The Hall–Kier alpha value is -1.83. The molecule has 0 aliphatic heterocycles. The summed E-state index contributed by atoms with van der Waals surface area (Å²) in [5.41, 5.74) is 1.93. The number of aryl methyl sites for hydroxylation is 1. The van der Waals surface area contributed by atoms with E-state index < -0.39 is 0 Å². The number of hydrogen-bond acceptors (Lipinski definition) is 6. The second kappa shape index (κ2) is 5.99. The van der Waals surface area contributed by atoms with Gasteiger partial charge in [0.2, 0.25) is 0 Å². The van der Waals surface area contributed by atoms with Crippen LogP contribution in [0, 0.1) is 0 Å². The normalized spacial score (nSPS) is 11.4. The molecule has 8 heteroatoms. The van der Waals surface area contributed by atoms with Gasteiger partial charge in [-0.2, -0.15) is 4.98 Å². The molecule has 4 aromatic rings. The van der Waals surface area contributed by atoms with Crippen LogP contribution in [0.3, 0.4) is 0 Å². The molecule has 0 aliphatic rings.